The zero-order valence-corrected chi connectivity index (χ0v) is 15.5. The van der Waals surface area contributed by atoms with Crippen LogP contribution in [-0.4, -0.2) is 21.9 Å². The van der Waals surface area contributed by atoms with Crippen molar-refractivity contribution in [3.63, 3.8) is 0 Å². The molecule has 0 fully saturated rings. The molecule has 1 rings (SSSR count). The first-order valence-corrected chi connectivity index (χ1v) is 7.56. The van der Waals surface area contributed by atoms with Gasteiger partial charge in [-0.25, -0.2) is 0 Å². The van der Waals surface area contributed by atoms with Crippen LogP contribution in [0.25, 0.3) is 0 Å². The minimum atomic E-state index is -0.833. The van der Waals surface area contributed by atoms with Gasteiger partial charge < -0.3 is 5.11 Å². The van der Waals surface area contributed by atoms with Crippen molar-refractivity contribution >= 4 is 26.3 Å². The number of hydrogen-bond donors (Lipinski definition) is 2. The van der Waals surface area contributed by atoms with Crippen molar-refractivity contribution in [3.8, 4) is 0 Å². The SMILES string of the molecule is CC(=O)Nc1ccc([N+](=O)[O-])c[c]1[Hg].CC(=O)O. The summed E-state index contributed by atoms with van der Waals surface area (Å²) in [7, 11) is 0. The maximum atomic E-state index is 10.8. The summed E-state index contributed by atoms with van der Waals surface area (Å²) in [5.41, 5.74) is 0.760. The Morgan fingerprint density at radius 3 is 2.22 bits per heavy atom. The number of carboxylic acids is 1. The van der Waals surface area contributed by atoms with Crippen molar-refractivity contribution in [3.05, 3.63) is 28.3 Å². The van der Waals surface area contributed by atoms with Gasteiger partial charge in [-0.05, 0) is 0 Å². The average molecular weight is 440 g/mol. The molecule has 0 aliphatic rings. The Morgan fingerprint density at radius 2 is 1.89 bits per heavy atom. The normalized spacial score (nSPS) is 8.89. The first kappa shape index (κ1) is 16.5. The van der Waals surface area contributed by atoms with Crippen LogP contribution in [-0.2, 0) is 35.7 Å². The quantitative estimate of drug-likeness (QED) is 0.403. The third-order valence-electron chi connectivity index (χ3n) is 1.61. The molecule has 0 saturated heterocycles. The standard InChI is InChI=1S/C8H7N2O3.C2H4O2.Hg/c1-6(11)9-7-2-4-8(5-3-7)10(12)13;1-2(3)4;/h2,4-5H,1H3,(H,9,11);1H3,(H,3,4);. The molecule has 0 unspecified atom stereocenters. The van der Waals surface area contributed by atoms with E-state index in [0.29, 0.717) is 5.69 Å². The molecule has 2 N–H and O–H groups in total. The number of carbonyl (C=O) groups is 2. The van der Waals surface area contributed by atoms with E-state index in [2.05, 4.69) is 5.32 Å². The Bertz CT molecular complexity index is 471. The van der Waals surface area contributed by atoms with Gasteiger partial charge in [0.2, 0.25) is 0 Å². The number of carbonyl (C=O) groups excluding carboxylic acids is 1. The molecule has 0 saturated carbocycles. The predicted molar refractivity (Wildman–Crippen MR) is 60.3 cm³/mol. The van der Waals surface area contributed by atoms with Gasteiger partial charge in [0.25, 0.3) is 5.97 Å². The number of benzene rings is 1. The average Bonchev–Trinajstić information content (AvgIpc) is 2.19. The van der Waals surface area contributed by atoms with E-state index in [1.54, 1.807) is 6.07 Å². The molecule has 0 spiro atoms. The fourth-order valence-electron chi connectivity index (χ4n) is 1.01. The number of nitro groups is 1. The van der Waals surface area contributed by atoms with Gasteiger partial charge in [0.1, 0.15) is 0 Å². The van der Waals surface area contributed by atoms with E-state index in [9.17, 15) is 14.9 Å². The summed E-state index contributed by atoms with van der Waals surface area (Å²) in [6, 6.07) is 4.47. The number of nitro benzene ring substituents is 1. The van der Waals surface area contributed by atoms with Crippen LogP contribution in [0.4, 0.5) is 11.4 Å². The van der Waals surface area contributed by atoms with E-state index in [4.69, 9.17) is 9.90 Å². The Morgan fingerprint density at radius 1 is 1.39 bits per heavy atom. The fourth-order valence-corrected chi connectivity index (χ4v) is 2.62. The molecule has 1 amide bonds. The van der Waals surface area contributed by atoms with Crippen molar-refractivity contribution in [2.75, 3.05) is 5.32 Å². The molecule has 0 aromatic heterocycles. The third-order valence-corrected chi connectivity index (χ3v) is 3.88. The van der Waals surface area contributed by atoms with Crippen molar-refractivity contribution < 1.29 is 45.7 Å². The summed E-state index contributed by atoms with van der Waals surface area (Å²) in [6.45, 7) is 2.49. The van der Waals surface area contributed by atoms with Gasteiger partial charge in [-0.15, -0.1) is 0 Å². The summed E-state index contributed by atoms with van der Waals surface area (Å²) in [6.07, 6.45) is 0. The Hall–Kier alpha value is -1.50. The van der Waals surface area contributed by atoms with E-state index in [1.807, 2.05) is 0 Å². The summed E-state index contributed by atoms with van der Waals surface area (Å²) in [5.74, 6) is -0.995. The Balaban J connectivity index is 0.000000631. The number of amides is 1. The van der Waals surface area contributed by atoms with E-state index in [0.717, 1.165) is 10.00 Å². The van der Waals surface area contributed by atoms with Gasteiger partial charge >= 0.3 is 96.7 Å². The van der Waals surface area contributed by atoms with Crippen LogP contribution < -0.4 is 8.39 Å². The van der Waals surface area contributed by atoms with Crippen LogP contribution in [0, 0.1) is 10.1 Å². The van der Waals surface area contributed by atoms with Gasteiger partial charge in [0.05, 0.1) is 0 Å². The number of hydrogen-bond acceptors (Lipinski definition) is 4. The Labute approximate surface area is 119 Å². The van der Waals surface area contributed by atoms with Crippen molar-refractivity contribution in [2.45, 2.75) is 13.8 Å². The second-order valence-electron chi connectivity index (χ2n) is 3.30. The number of non-ortho nitro benzene ring substituents is 1. The summed E-state index contributed by atoms with van der Waals surface area (Å²) in [4.78, 5) is 29.8. The fraction of sp³-hybridized carbons (Fsp3) is 0.200. The molecule has 8 heteroatoms. The van der Waals surface area contributed by atoms with Gasteiger partial charge in [0, 0.05) is 6.92 Å². The maximum Gasteiger partial charge on any atom is 0.300 e. The number of nitrogens with zero attached hydrogens (tertiary/aromatic N) is 1. The van der Waals surface area contributed by atoms with Crippen LogP contribution in [0.2, 0.25) is 0 Å². The van der Waals surface area contributed by atoms with Gasteiger partial charge in [-0.1, -0.05) is 0 Å². The summed E-state index contributed by atoms with van der Waals surface area (Å²) < 4.78 is 0.870. The molecule has 0 heterocycles. The minimum absolute atomic E-state index is 0.0732. The van der Waals surface area contributed by atoms with Crippen molar-refractivity contribution in [1.82, 2.24) is 0 Å². The largest absolute Gasteiger partial charge is 0.481 e. The molecule has 1 aromatic carbocycles. The van der Waals surface area contributed by atoms with Crippen molar-refractivity contribution in [1.29, 1.82) is 0 Å². The van der Waals surface area contributed by atoms with Crippen LogP contribution >= 0.6 is 0 Å². The van der Waals surface area contributed by atoms with Crippen LogP contribution in [0.1, 0.15) is 13.8 Å². The first-order chi connectivity index (χ1) is 8.23. The molecule has 18 heavy (non-hydrogen) atoms. The molecule has 7 nitrogen and oxygen atoms in total. The second kappa shape index (κ2) is 7.75. The summed E-state index contributed by atoms with van der Waals surface area (Å²) in [5, 5.41) is 20.5. The van der Waals surface area contributed by atoms with E-state index in [-0.39, 0.29) is 37.7 Å². The number of anilines is 1. The number of carboxylic acid groups (broad SMARTS) is 1. The third kappa shape index (κ3) is 6.95. The topological polar surface area (TPSA) is 110 Å². The zero-order chi connectivity index (χ0) is 14.3. The summed E-state index contributed by atoms with van der Waals surface area (Å²) >= 11 is 0.236. The smallest absolute Gasteiger partial charge is 0.300 e. The molecule has 0 aliphatic heterocycles. The molecule has 0 radical (unpaired) electrons. The minimum Gasteiger partial charge on any atom is -0.481 e. The zero-order valence-electron chi connectivity index (χ0n) is 9.97. The molecule has 0 atom stereocenters. The Kier molecular flexibility index (Phi) is 7.10. The monoisotopic (exact) mass is 441 g/mol. The molecule has 1 aromatic rings. The molecule has 0 bridgehead atoms. The van der Waals surface area contributed by atoms with Gasteiger partial charge in [-0.2, -0.15) is 0 Å². The molecular weight excluding hydrogens is 429 g/mol. The first-order valence-electron chi connectivity index (χ1n) is 4.81. The number of aliphatic carboxylic acids is 1. The number of nitrogens with one attached hydrogen (secondary N) is 1. The van der Waals surface area contributed by atoms with Gasteiger partial charge in [0.15, 0.2) is 0 Å². The maximum absolute atomic E-state index is 10.8. The van der Waals surface area contributed by atoms with E-state index in [1.165, 1.54) is 19.1 Å². The van der Waals surface area contributed by atoms with Gasteiger partial charge in [-0.3, -0.25) is 4.79 Å². The van der Waals surface area contributed by atoms with Crippen molar-refractivity contribution in [2.24, 2.45) is 0 Å². The van der Waals surface area contributed by atoms with E-state index < -0.39 is 10.9 Å². The molecule has 0 aliphatic carbocycles. The van der Waals surface area contributed by atoms with Crippen LogP contribution in [0.15, 0.2) is 18.2 Å². The molecular formula is C10H11HgN2O5. The van der Waals surface area contributed by atoms with Crippen LogP contribution in [0.3, 0.4) is 0 Å². The number of rotatable bonds is 2. The predicted octanol–water partition coefficient (Wildman–Crippen LogP) is 0.816. The van der Waals surface area contributed by atoms with E-state index >= 15 is 0 Å². The second-order valence-corrected chi connectivity index (χ2v) is 6.26. The van der Waals surface area contributed by atoms with Crippen LogP contribution in [0.5, 0.6) is 0 Å². The molecule has 93 valence electrons.